The van der Waals surface area contributed by atoms with E-state index in [1.54, 1.807) is 0 Å². The highest BCUT2D eigenvalue weighted by Gasteiger charge is 2.30. The molecule has 2 heterocycles. The van der Waals surface area contributed by atoms with E-state index in [0.29, 0.717) is 18.8 Å². The minimum atomic E-state index is -0.0465. The fourth-order valence-corrected chi connectivity index (χ4v) is 3.64. The molecule has 2 unspecified atom stereocenters. The number of nitrogens with zero attached hydrogens (tertiary/aromatic N) is 1. The average molecular weight is 323 g/mol. The standard InChI is InChI=1S/C20H21NO3/c1-12-10-21(11-13(2)23-12)20(22)18-14(3)16-9-8-15-6-4-5-7-17(15)19(16)24-18/h4-9,12-13H,10-11H2,1-3H3. The Morgan fingerprint density at radius 3 is 2.50 bits per heavy atom. The maximum Gasteiger partial charge on any atom is 0.290 e. The molecule has 1 aliphatic rings. The molecular formula is C20H21NO3. The van der Waals surface area contributed by atoms with Crippen LogP contribution >= 0.6 is 0 Å². The maximum absolute atomic E-state index is 13.0. The normalized spacial score (nSPS) is 21.5. The minimum absolute atomic E-state index is 0.0446. The second-order valence-corrected chi connectivity index (χ2v) is 6.69. The van der Waals surface area contributed by atoms with Gasteiger partial charge in [0.25, 0.3) is 5.91 Å². The van der Waals surface area contributed by atoms with E-state index in [-0.39, 0.29) is 18.1 Å². The molecule has 1 aromatic heterocycles. The maximum atomic E-state index is 13.0. The van der Waals surface area contributed by atoms with Crippen molar-refractivity contribution in [2.45, 2.75) is 33.0 Å². The lowest BCUT2D eigenvalue weighted by Gasteiger charge is -2.34. The number of ether oxygens (including phenoxy) is 1. The number of rotatable bonds is 1. The van der Waals surface area contributed by atoms with Crippen LogP contribution in [0.25, 0.3) is 21.7 Å². The number of morpholine rings is 1. The van der Waals surface area contributed by atoms with Crippen molar-refractivity contribution in [3.63, 3.8) is 0 Å². The molecule has 4 rings (SSSR count). The lowest BCUT2D eigenvalue weighted by atomic mass is 10.1. The Morgan fingerprint density at radius 1 is 1.04 bits per heavy atom. The van der Waals surface area contributed by atoms with Gasteiger partial charge >= 0.3 is 0 Å². The molecule has 0 radical (unpaired) electrons. The SMILES string of the molecule is Cc1c(C(=O)N2CC(C)OC(C)C2)oc2c1ccc1ccccc12. The molecule has 0 saturated carbocycles. The van der Waals surface area contributed by atoms with Crippen molar-refractivity contribution in [1.29, 1.82) is 0 Å². The highest BCUT2D eigenvalue weighted by molar-refractivity contribution is 6.08. The summed E-state index contributed by atoms with van der Waals surface area (Å²) in [6.45, 7) is 7.14. The Labute approximate surface area is 141 Å². The van der Waals surface area contributed by atoms with Crippen LogP contribution in [0.5, 0.6) is 0 Å². The molecule has 1 amide bonds. The Kier molecular flexibility index (Phi) is 3.57. The summed E-state index contributed by atoms with van der Waals surface area (Å²) in [4.78, 5) is 14.8. The van der Waals surface area contributed by atoms with E-state index in [1.807, 2.05) is 49.9 Å². The summed E-state index contributed by atoms with van der Waals surface area (Å²) in [6, 6.07) is 12.2. The molecule has 0 bridgehead atoms. The van der Waals surface area contributed by atoms with Crippen LogP contribution < -0.4 is 0 Å². The molecule has 3 aromatic rings. The van der Waals surface area contributed by atoms with Gasteiger partial charge in [0, 0.05) is 29.4 Å². The van der Waals surface area contributed by atoms with Crippen LogP contribution in [-0.2, 0) is 4.74 Å². The van der Waals surface area contributed by atoms with Crippen LogP contribution in [0.2, 0.25) is 0 Å². The molecule has 24 heavy (non-hydrogen) atoms. The number of carbonyl (C=O) groups excluding carboxylic acids is 1. The van der Waals surface area contributed by atoms with E-state index < -0.39 is 0 Å². The van der Waals surface area contributed by atoms with Gasteiger partial charge in [0.05, 0.1) is 12.2 Å². The Balaban J connectivity index is 1.80. The van der Waals surface area contributed by atoms with E-state index in [9.17, 15) is 4.79 Å². The van der Waals surface area contributed by atoms with Crippen LogP contribution in [0.4, 0.5) is 0 Å². The fraction of sp³-hybridized carbons (Fsp3) is 0.350. The third-order valence-electron chi connectivity index (χ3n) is 4.73. The van der Waals surface area contributed by atoms with E-state index in [2.05, 4.69) is 12.1 Å². The summed E-state index contributed by atoms with van der Waals surface area (Å²) in [5.41, 5.74) is 1.70. The molecule has 1 fully saturated rings. The minimum Gasteiger partial charge on any atom is -0.450 e. The van der Waals surface area contributed by atoms with E-state index in [4.69, 9.17) is 9.15 Å². The monoisotopic (exact) mass is 323 g/mol. The molecule has 4 heteroatoms. The number of aryl methyl sites for hydroxylation is 1. The number of amides is 1. The number of hydrogen-bond acceptors (Lipinski definition) is 3. The lowest BCUT2D eigenvalue weighted by Crippen LogP contribution is -2.48. The Hall–Kier alpha value is -2.33. The first kappa shape index (κ1) is 15.2. The zero-order chi connectivity index (χ0) is 16.8. The predicted octanol–water partition coefficient (Wildman–Crippen LogP) is 4.14. The number of hydrogen-bond donors (Lipinski definition) is 0. The van der Waals surface area contributed by atoms with Crippen LogP contribution in [-0.4, -0.2) is 36.1 Å². The molecule has 4 nitrogen and oxygen atoms in total. The van der Waals surface area contributed by atoms with Gasteiger partial charge in [-0.3, -0.25) is 4.79 Å². The van der Waals surface area contributed by atoms with Crippen molar-refractivity contribution in [3.05, 3.63) is 47.7 Å². The average Bonchev–Trinajstić information content (AvgIpc) is 2.91. The number of carbonyl (C=O) groups is 1. The Bertz CT molecular complexity index is 917. The largest absolute Gasteiger partial charge is 0.450 e. The summed E-state index contributed by atoms with van der Waals surface area (Å²) in [5, 5.41) is 3.17. The highest BCUT2D eigenvalue weighted by Crippen LogP contribution is 2.32. The topological polar surface area (TPSA) is 42.7 Å². The summed E-state index contributed by atoms with van der Waals surface area (Å²) >= 11 is 0. The third-order valence-corrected chi connectivity index (χ3v) is 4.73. The highest BCUT2D eigenvalue weighted by atomic mass is 16.5. The van der Waals surface area contributed by atoms with Gasteiger partial charge < -0.3 is 14.1 Å². The molecule has 1 aliphatic heterocycles. The van der Waals surface area contributed by atoms with Crippen LogP contribution in [0.1, 0.15) is 30.0 Å². The van der Waals surface area contributed by atoms with Gasteiger partial charge in [0.15, 0.2) is 5.76 Å². The van der Waals surface area contributed by atoms with Crippen molar-refractivity contribution < 1.29 is 13.9 Å². The van der Waals surface area contributed by atoms with E-state index in [1.165, 1.54) is 0 Å². The van der Waals surface area contributed by atoms with Gasteiger partial charge in [-0.05, 0) is 26.2 Å². The molecular weight excluding hydrogens is 302 g/mol. The van der Waals surface area contributed by atoms with Crippen molar-refractivity contribution in [2.24, 2.45) is 0 Å². The van der Waals surface area contributed by atoms with E-state index in [0.717, 1.165) is 27.3 Å². The third kappa shape index (κ3) is 2.38. The van der Waals surface area contributed by atoms with Crippen LogP contribution in [0, 0.1) is 6.92 Å². The number of furan rings is 1. The van der Waals surface area contributed by atoms with Gasteiger partial charge in [-0.2, -0.15) is 0 Å². The summed E-state index contributed by atoms with van der Waals surface area (Å²) in [7, 11) is 0. The van der Waals surface area contributed by atoms with Crippen molar-refractivity contribution in [1.82, 2.24) is 4.90 Å². The lowest BCUT2D eigenvalue weighted by molar-refractivity contribution is -0.0592. The zero-order valence-corrected chi connectivity index (χ0v) is 14.2. The fourth-order valence-electron chi connectivity index (χ4n) is 3.64. The van der Waals surface area contributed by atoms with Crippen LogP contribution in [0.15, 0.2) is 40.8 Å². The quantitative estimate of drug-likeness (QED) is 0.676. The van der Waals surface area contributed by atoms with Gasteiger partial charge in [0.2, 0.25) is 0 Å². The second-order valence-electron chi connectivity index (χ2n) is 6.69. The molecule has 0 spiro atoms. The van der Waals surface area contributed by atoms with Crippen molar-refractivity contribution in [2.75, 3.05) is 13.1 Å². The molecule has 1 saturated heterocycles. The molecule has 0 aliphatic carbocycles. The number of benzene rings is 2. The molecule has 0 N–H and O–H groups in total. The number of fused-ring (bicyclic) bond motifs is 3. The summed E-state index contributed by atoms with van der Waals surface area (Å²) in [6.07, 6.45) is 0.0893. The molecule has 2 aromatic carbocycles. The van der Waals surface area contributed by atoms with E-state index >= 15 is 0 Å². The van der Waals surface area contributed by atoms with Crippen LogP contribution in [0.3, 0.4) is 0 Å². The zero-order valence-electron chi connectivity index (χ0n) is 14.2. The second kappa shape index (κ2) is 5.64. The van der Waals surface area contributed by atoms with Gasteiger partial charge in [-0.25, -0.2) is 0 Å². The van der Waals surface area contributed by atoms with Crippen molar-refractivity contribution >= 4 is 27.6 Å². The van der Waals surface area contributed by atoms with Gasteiger partial charge in [-0.15, -0.1) is 0 Å². The smallest absolute Gasteiger partial charge is 0.290 e. The van der Waals surface area contributed by atoms with Crippen molar-refractivity contribution in [3.8, 4) is 0 Å². The predicted molar refractivity (Wildman–Crippen MR) is 94.4 cm³/mol. The first-order valence-corrected chi connectivity index (χ1v) is 8.40. The summed E-state index contributed by atoms with van der Waals surface area (Å²) < 4.78 is 11.8. The first-order valence-electron chi connectivity index (χ1n) is 8.40. The first-order chi connectivity index (χ1) is 11.5. The summed E-state index contributed by atoms with van der Waals surface area (Å²) in [5.74, 6) is 0.400. The van der Waals surface area contributed by atoms with Gasteiger partial charge in [-0.1, -0.05) is 36.4 Å². The Morgan fingerprint density at radius 2 is 1.75 bits per heavy atom. The van der Waals surface area contributed by atoms with Gasteiger partial charge in [0.1, 0.15) is 5.58 Å². The molecule has 124 valence electrons. The molecule has 2 atom stereocenters.